The highest BCUT2D eigenvalue weighted by atomic mass is 79.9. The molecule has 2 rings (SSSR count). The van der Waals surface area contributed by atoms with Crippen molar-refractivity contribution < 1.29 is 23.8 Å². The second-order valence-electron chi connectivity index (χ2n) is 5.00. The average molecular weight is 408 g/mol. The fourth-order valence-corrected chi connectivity index (χ4v) is 2.41. The van der Waals surface area contributed by atoms with Crippen molar-refractivity contribution in [2.75, 3.05) is 32.8 Å². The highest BCUT2D eigenvalue weighted by Crippen LogP contribution is 2.24. The number of anilines is 1. The molecule has 0 aliphatic heterocycles. The Hall–Kier alpha value is -2.38. The van der Waals surface area contributed by atoms with Crippen LogP contribution in [0.5, 0.6) is 5.75 Å². The fraction of sp³-hybridized carbons (Fsp3) is 0.222. The van der Waals surface area contributed by atoms with E-state index in [1.165, 1.54) is 7.11 Å². The molecule has 0 fully saturated rings. The maximum atomic E-state index is 12.6. The molecular weight excluding hydrogens is 390 g/mol. The van der Waals surface area contributed by atoms with Crippen LogP contribution in [-0.4, -0.2) is 39.3 Å². The molecule has 0 unspecified atom stereocenters. The van der Waals surface area contributed by atoms with Gasteiger partial charge in [-0.25, -0.2) is 4.79 Å². The molecule has 2 aromatic carbocycles. The molecule has 25 heavy (non-hydrogen) atoms. The first-order chi connectivity index (χ1) is 12.0. The van der Waals surface area contributed by atoms with Gasteiger partial charge >= 0.3 is 5.97 Å². The summed E-state index contributed by atoms with van der Waals surface area (Å²) in [5, 5.41) is 2.78. The summed E-state index contributed by atoms with van der Waals surface area (Å²) >= 11 is 3.35. The number of carbonyl (C=O) groups excluding carboxylic acids is 2. The number of benzene rings is 2. The van der Waals surface area contributed by atoms with Gasteiger partial charge in [0.15, 0.2) is 0 Å². The van der Waals surface area contributed by atoms with Crippen LogP contribution in [0.15, 0.2) is 46.9 Å². The molecule has 0 heterocycles. The van der Waals surface area contributed by atoms with Crippen LogP contribution < -0.4 is 10.1 Å². The van der Waals surface area contributed by atoms with E-state index in [4.69, 9.17) is 9.47 Å². The first-order valence-electron chi connectivity index (χ1n) is 7.46. The van der Waals surface area contributed by atoms with Crippen molar-refractivity contribution in [2.24, 2.45) is 0 Å². The van der Waals surface area contributed by atoms with E-state index in [-0.39, 0.29) is 5.91 Å². The van der Waals surface area contributed by atoms with E-state index < -0.39 is 5.97 Å². The molecule has 0 saturated heterocycles. The molecule has 0 bridgehead atoms. The lowest BCUT2D eigenvalue weighted by molar-refractivity contribution is 0.0600. The lowest BCUT2D eigenvalue weighted by Crippen LogP contribution is -2.15. The van der Waals surface area contributed by atoms with Crippen LogP contribution in [-0.2, 0) is 9.47 Å². The first kappa shape index (κ1) is 19.0. The number of nitrogens with one attached hydrogen (secondary N) is 1. The molecule has 7 heteroatoms. The van der Waals surface area contributed by atoms with Gasteiger partial charge in [-0.15, -0.1) is 0 Å². The molecule has 132 valence electrons. The van der Waals surface area contributed by atoms with Gasteiger partial charge in [-0.2, -0.15) is 0 Å². The van der Waals surface area contributed by atoms with Gasteiger partial charge < -0.3 is 19.5 Å². The Labute approximate surface area is 154 Å². The van der Waals surface area contributed by atoms with E-state index in [2.05, 4.69) is 26.0 Å². The average Bonchev–Trinajstić information content (AvgIpc) is 2.63. The monoisotopic (exact) mass is 407 g/mol. The van der Waals surface area contributed by atoms with E-state index in [1.54, 1.807) is 49.6 Å². The molecule has 1 N–H and O–H groups in total. The van der Waals surface area contributed by atoms with Gasteiger partial charge in [0.25, 0.3) is 5.91 Å². The molecular formula is C18H18BrNO5. The van der Waals surface area contributed by atoms with Crippen molar-refractivity contribution in [1.82, 2.24) is 0 Å². The summed E-state index contributed by atoms with van der Waals surface area (Å²) in [5.41, 5.74) is 1.36. The minimum Gasteiger partial charge on any atom is -0.490 e. The van der Waals surface area contributed by atoms with Crippen LogP contribution in [0.25, 0.3) is 0 Å². The molecule has 1 amide bonds. The third kappa shape index (κ3) is 5.30. The van der Waals surface area contributed by atoms with E-state index in [0.29, 0.717) is 35.8 Å². The van der Waals surface area contributed by atoms with Gasteiger partial charge in [-0.1, -0.05) is 15.9 Å². The third-order valence-corrected chi connectivity index (χ3v) is 3.79. The zero-order valence-corrected chi connectivity index (χ0v) is 15.5. The van der Waals surface area contributed by atoms with E-state index >= 15 is 0 Å². The summed E-state index contributed by atoms with van der Waals surface area (Å²) in [6.45, 7) is 0.762. The van der Waals surface area contributed by atoms with Crippen molar-refractivity contribution in [2.45, 2.75) is 0 Å². The van der Waals surface area contributed by atoms with Gasteiger partial charge in [0.2, 0.25) is 0 Å². The SMILES string of the molecule is COCCOc1ccc(Br)cc1C(=O)Nc1ccc(C(=O)OC)cc1. The van der Waals surface area contributed by atoms with Crippen molar-refractivity contribution in [1.29, 1.82) is 0 Å². The maximum Gasteiger partial charge on any atom is 0.337 e. The second kappa shape index (κ2) is 9.19. The molecule has 6 nitrogen and oxygen atoms in total. The van der Waals surface area contributed by atoms with Crippen LogP contribution >= 0.6 is 15.9 Å². The molecule has 0 spiro atoms. The molecule has 0 atom stereocenters. The highest BCUT2D eigenvalue weighted by molar-refractivity contribution is 9.10. The Balaban J connectivity index is 2.14. The normalized spacial score (nSPS) is 10.2. The quantitative estimate of drug-likeness (QED) is 0.561. The molecule has 0 aromatic heterocycles. The summed E-state index contributed by atoms with van der Waals surface area (Å²) in [6.07, 6.45) is 0. The van der Waals surface area contributed by atoms with Gasteiger partial charge in [-0.05, 0) is 42.5 Å². The number of methoxy groups -OCH3 is 2. The van der Waals surface area contributed by atoms with Crippen LogP contribution in [0.2, 0.25) is 0 Å². The van der Waals surface area contributed by atoms with E-state index in [9.17, 15) is 9.59 Å². The van der Waals surface area contributed by atoms with Gasteiger partial charge in [0.1, 0.15) is 12.4 Å². The van der Waals surface area contributed by atoms with Crippen molar-refractivity contribution in [3.8, 4) is 5.75 Å². The van der Waals surface area contributed by atoms with E-state index in [0.717, 1.165) is 4.47 Å². The third-order valence-electron chi connectivity index (χ3n) is 3.30. The topological polar surface area (TPSA) is 73.9 Å². The number of ether oxygens (including phenoxy) is 3. The summed E-state index contributed by atoms with van der Waals surface area (Å²) in [4.78, 5) is 24.0. The zero-order chi connectivity index (χ0) is 18.2. The van der Waals surface area contributed by atoms with Crippen LogP contribution in [0.1, 0.15) is 20.7 Å². The standard InChI is InChI=1S/C18H18BrNO5/c1-23-9-10-25-16-8-5-13(19)11-15(16)17(21)20-14-6-3-12(4-7-14)18(22)24-2/h3-8,11H,9-10H2,1-2H3,(H,20,21). The van der Waals surface area contributed by atoms with Crippen molar-refractivity contribution in [3.05, 3.63) is 58.1 Å². The lowest BCUT2D eigenvalue weighted by Gasteiger charge is -2.12. The molecule has 0 radical (unpaired) electrons. The molecule has 0 saturated carbocycles. The second-order valence-corrected chi connectivity index (χ2v) is 5.92. The first-order valence-corrected chi connectivity index (χ1v) is 8.25. The maximum absolute atomic E-state index is 12.6. The largest absolute Gasteiger partial charge is 0.490 e. The number of rotatable bonds is 7. The van der Waals surface area contributed by atoms with Crippen LogP contribution in [0, 0.1) is 0 Å². The minimum atomic E-state index is -0.432. The smallest absolute Gasteiger partial charge is 0.337 e. The van der Waals surface area contributed by atoms with Crippen molar-refractivity contribution >= 4 is 33.5 Å². The summed E-state index contributed by atoms with van der Waals surface area (Å²) in [7, 11) is 2.90. The van der Waals surface area contributed by atoms with Gasteiger partial charge in [-0.3, -0.25) is 4.79 Å². The Morgan fingerprint density at radius 2 is 1.76 bits per heavy atom. The number of amides is 1. The highest BCUT2D eigenvalue weighted by Gasteiger charge is 2.14. The van der Waals surface area contributed by atoms with Crippen LogP contribution in [0.3, 0.4) is 0 Å². The Morgan fingerprint density at radius 3 is 2.40 bits per heavy atom. The summed E-state index contributed by atoms with van der Waals surface area (Å²) in [6, 6.07) is 11.6. The molecule has 0 aliphatic carbocycles. The number of carbonyl (C=O) groups is 2. The summed E-state index contributed by atoms with van der Waals surface area (Å²) < 4.78 is 15.9. The minimum absolute atomic E-state index is 0.320. The molecule has 0 aliphatic rings. The Bertz CT molecular complexity index is 746. The number of hydrogen-bond acceptors (Lipinski definition) is 5. The van der Waals surface area contributed by atoms with Crippen LogP contribution in [0.4, 0.5) is 5.69 Å². The van der Waals surface area contributed by atoms with Gasteiger partial charge in [0, 0.05) is 17.3 Å². The number of halogens is 1. The fourth-order valence-electron chi connectivity index (χ4n) is 2.05. The number of esters is 1. The molecule has 2 aromatic rings. The number of hydrogen-bond donors (Lipinski definition) is 1. The van der Waals surface area contributed by atoms with Gasteiger partial charge in [0.05, 0.1) is 24.8 Å². The summed E-state index contributed by atoms with van der Waals surface area (Å²) in [5.74, 6) is -0.290. The Morgan fingerprint density at radius 1 is 1.04 bits per heavy atom. The lowest BCUT2D eigenvalue weighted by atomic mass is 10.1. The van der Waals surface area contributed by atoms with E-state index in [1.807, 2.05) is 0 Å². The Kier molecular flexibility index (Phi) is 6.97. The predicted molar refractivity (Wildman–Crippen MR) is 97.2 cm³/mol. The zero-order valence-electron chi connectivity index (χ0n) is 13.9. The predicted octanol–water partition coefficient (Wildman–Crippen LogP) is 3.51. The van der Waals surface area contributed by atoms with Crippen molar-refractivity contribution in [3.63, 3.8) is 0 Å².